The van der Waals surface area contributed by atoms with E-state index in [4.69, 9.17) is 34.8 Å². The Kier molecular flexibility index (Phi) is 11.3. The average Bonchev–Trinajstić information content (AvgIpc) is 2.92. The first kappa shape index (κ1) is 31.7. The Bertz CT molecular complexity index is 1430. The summed E-state index contributed by atoms with van der Waals surface area (Å²) in [6.07, 6.45) is 1.69. The number of hydrogen-bond donors (Lipinski definition) is 1. The van der Waals surface area contributed by atoms with Gasteiger partial charge in [0.05, 0.1) is 20.6 Å². The van der Waals surface area contributed by atoms with Crippen molar-refractivity contribution in [1.82, 2.24) is 10.2 Å². The third kappa shape index (κ3) is 8.13. The lowest BCUT2D eigenvalue weighted by Gasteiger charge is -2.32. The van der Waals surface area contributed by atoms with Gasteiger partial charge in [0, 0.05) is 18.1 Å². The summed E-state index contributed by atoms with van der Waals surface area (Å²) in [5.74, 6) is -0.911. The van der Waals surface area contributed by atoms with Gasteiger partial charge in [-0.25, -0.2) is 8.42 Å². The fourth-order valence-electron chi connectivity index (χ4n) is 3.93. The SMILES string of the molecule is CCCCNC(=O)[C@H](C)N(Cc1ccc(Cl)c(Cl)c1)C(=O)CN(c1ccc(C)cc1)S(=O)(=O)c1ccc(Cl)cc1. The van der Waals surface area contributed by atoms with Crippen LogP contribution in [0.5, 0.6) is 0 Å². The zero-order valence-electron chi connectivity index (χ0n) is 22.5. The molecule has 0 fully saturated rings. The van der Waals surface area contributed by atoms with Crippen molar-refractivity contribution in [3.8, 4) is 0 Å². The second-order valence-corrected chi connectivity index (χ2v) is 12.5. The van der Waals surface area contributed by atoms with Crippen LogP contribution in [0.3, 0.4) is 0 Å². The normalized spacial score (nSPS) is 12.1. The predicted octanol–water partition coefficient (Wildman–Crippen LogP) is 6.48. The maximum absolute atomic E-state index is 13.9. The van der Waals surface area contributed by atoms with E-state index < -0.39 is 28.5 Å². The molecule has 0 unspecified atom stereocenters. The smallest absolute Gasteiger partial charge is 0.264 e. The molecule has 0 radical (unpaired) electrons. The summed E-state index contributed by atoms with van der Waals surface area (Å²) < 4.78 is 28.7. The van der Waals surface area contributed by atoms with Gasteiger partial charge in [-0.2, -0.15) is 0 Å². The van der Waals surface area contributed by atoms with E-state index in [-0.39, 0.29) is 17.3 Å². The van der Waals surface area contributed by atoms with E-state index in [0.717, 1.165) is 22.7 Å². The van der Waals surface area contributed by atoms with Crippen LogP contribution in [0, 0.1) is 6.92 Å². The highest BCUT2D eigenvalue weighted by atomic mass is 35.5. The minimum absolute atomic E-state index is 0.0147. The molecule has 0 aliphatic rings. The summed E-state index contributed by atoms with van der Waals surface area (Å²) >= 11 is 18.3. The molecule has 40 heavy (non-hydrogen) atoms. The van der Waals surface area contributed by atoms with Crippen LogP contribution < -0.4 is 9.62 Å². The second kappa shape index (κ2) is 14.2. The monoisotopic (exact) mass is 623 g/mol. The van der Waals surface area contributed by atoms with Crippen LogP contribution in [-0.4, -0.2) is 44.3 Å². The van der Waals surface area contributed by atoms with Crippen molar-refractivity contribution in [3.63, 3.8) is 0 Å². The van der Waals surface area contributed by atoms with Gasteiger partial charge >= 0.3 is 0 Å². The molecular formula is C29H32Cl3N3O4S. The van der Waals surface area contributed by atoms with Gasteiger partial charge in [-0.1, -0.05) is 71.9 Å². The third-order valence-corrected chi connectivity index (χ3v) is 9.12. The molecule has 7 nitrogen and oxygen atoms in total. The molecule has 1 N–H and O–H groups in total. The van der Waals surface area contributed by atoms with Crippen molar-refractivity contribution < 1.29 is 18.0 Å². The van der Waals surface area contributed by atoms with Crippen LogP contribution >= 0.6 is 34.8 Å². The molecule has 0 aromatic heterocycles. The molecule has 3 aromatic carbocycles. The first-order chi connectivity index (χ1) is 18.9. The van der Waals surface area contributed by atoms with Crippen molar-refractivity contribution in [2.24, 2.45) is 0 Å². The number of amides is 2. The Balaban J connectivity index is 2.01. The van der Waals surface area contributed by atoms with E-state index in [1.807, 2.05) is 13.8 Å². The number of benzene rings is 3. The minimum Gasteiger partial charge on any atom is -0.354 e. The molecule has 2 amide bonds. The highest BCUT2D eigenvalue weighted by molar-refractivity contribution is 7.92. The Morgan fingerprint density at radius 1 is 0.925 bits per heavy atom. The molecule has 0 bridgehead atoms. The summed E-state index contributed by atoms with van der Waals surface area (Å²) in [6, 6.07) is 16.6. The number of unbranched alkanes of at least 4 members (excludes halogenated alkanes) is 1. The van der Waals surface area contributed by atoms with E-state index >= 15 is 0 Å². The molecule has 11 heteroatoms. The summed E-state index contributed by atoms with van der Waals surface area (Å²) in [4.78, 5) is 28.3. The van der Waals surface area contributed by atoms with Gasteiger partial charge in [0.25, 0.3) is 10.0 Å². The quantitative estimate of drug-likeness (QED) is 0.234. The van der Waals surface area contributed by atoms with Gasteiger partial charge in [-0.15, -0.1) is 0 Å². The van der Waals surface area contributed by atoms with Crippen molar-refractivity contribution in [2.45, 2.75) is 51.1 Å². The van der Waals surface area contributed by atoms with Gasteiger partial charge < -0.3 is 10.2 Å². The molecule has 0 spiro atoms. The Morgan fingerprint density at radius 2 is 1.57 bits per heavy atom. The molecule has 0 saturated carbocycles. The van der Waals surface area contributed by atoms with Gasteiger partial charge in [0.15, 0.2) is 0 Å². The second-order valence-electron chi connectivity index (χ2n) is 9.39. The minimum atomic E-state index is -4.17. The Hall–Kier alpha value is -2.78. The maximum atomic E-state index is 13.9. The van der Waals surface area contributed by atoms with E-state index in [2.05, 4.69) is 5.32 Å². The lowest BCUT2D eigenvalue weighted by atomic mass is 10.1. The van der Waals surface area contributed by atoms with Gasteiger partial charge in [0.1, 0.15) is 12.6 Å². The van der Waals surface area contributed by atoms with Crippen LogP contribution in [-0.2, 0) is 26.2 Å². The highest BCUT2D eigenvalue weighted by Crippen LogP contribution is 2.27. The van der Waals surface area contributed by atoms with Gasteiger partial charge in [-0.05, 0) is 74.4 Å². The van der Waals surface area contributed by atoms with Crippen molar-refractivity contribution in [3.05, 3.63) is 92.9 Å². The first-order valence-electron chi connectivity index (χ1n) is 12.8. The molecule has 214 valence electrons. The first-order valence-corrected chi connectivity index (χ1v) is 15.4. The predicted molar refractivity (Wildman–Crippen MR) is 162 cm³/mol. The van der Waals surface area contributed by atoms with Crippen molar-refractivity contribution >= 4 is 62.3 Å². The molecule has 1 atom stereocenters. The fraction of sp³-hybridized carbons (Fsp3) is 0.310. The number of rotatable bonds is 12. The van der Waals surface area contributed by atoms with Crippen molar-refractivity contribution in [2.75, 3.05) is 17.4 Å². The standard InChI is InChI=1S/C29H32Cl3N3O4S/c1-4-5-16-33-29(37)21(3)34(18-22-8-15-26(31)27(32)17-22)28(36)19-35(24-11-6-20(2)7-12-24)40(38,39)25-13-9-23(30)10-14-25/h6-15,17,21H,4-5,16,18-19H2,1-3H3,(H,33,37)/t21-/m0/s1. The van der Waals surface area contributed by atoms with Gasteiger partial charge in [-0.3, -0.25) is 13.9 Å². The summed E-state index contributed by atoms with van der Waals surface area (Å²) in [6.45, 7) is 5.44. The summed E-state index contributed by atoms with van der Waals surface area (Å²) in [5.41, 5.74) is 1.87. The molecule has 3 aromatic rings. The van der Waals surface area contributed by atoms with Crippen LogP contribution in [0.15, 0.2) is 71.6 Å². The Morgan fingerprint density at radius 3 is 2.17 bits per heavy atom. The summed E-state index contributed by atoms with van der Waals surface area (Å²) in [5, 5.41) is 3.89. The van der Waals surface area contributed by atoms with Crippen LogP contribution in [0.1, 0.15) is 37.8 Å². The van der Waals surface area contributed by atoms with E-state index in [1.54, 1.807) is 49.4 Å². The number of nitrogens with zero attached hydrogens (tertiary/aromatic N) is 2. The zero-order valence-corrected chi connectivity index (χ0v) is 25.6. The number of aryl methyl sites for hydroxylation is 1. The lowest BCUT2D eigenvalue weighted by molar-refractivity contribution is -0.139. The maximum Gasteiger partial charge on any atom is 0.264 e. The molecule has 0 aliphatic heterocycles. The number of nitrogens with one attached hydrogen (secondary N) is 1. The van der Waals surface area contributed by atoms with Crippen LogP contribution in [0.2, 0.25) is 15.1 Å². The van der Waals surface area contributed by atoms with Crippen LogP contribution in [0.4, 0.5) is 5.69 Å². The fourth-order valence-corrected chi connectivity index (χ4v) is 5.79. The highest BCUT2D eigenvalue weighted by Gasteiger charge is 2.32. The third-order valence-electron chi connectivity index (χ3n) is 6.34. The van der Waals surface area contributed by atoms with Crippen LogP contribution in [0.25, 0.3) is 0 Å². The molecule has 0 heterocycles. The van der Waals surface area contributed by atoms with E-state index in [1.165, 1.54) is 29.2 Å². The average molecular weight is 625 g/mol. The topological polar surface area (TPSA) is 86.8 Å². The molecule has 0 aliphatic carbocycles. The number of carbonyl (C=O) groups is 2. The Labute approximate surface area is 251 Å². The number of halogens is 3. The number of anilines is 1. The van der Waals surface area contributed by atoms with Gasteiger partial charge in [0.2, 0.25) is 11.8 Å². The molecule has 3 rings (SSSR count). The van der Waals surface area contributed by atoms with E-state index in [9.17, 15) is 18.0 Å². The number of sulfonamides is 1. The lowest BCUT2D eigenvalue weighted by Crippen LogP contribution is -2.51. The number of hydrogen-bond acceptors (Lipinski definition) is 4. The zero-order chi connectivity index (χ0) is 29.4. The largest absolute Gasteiger partial charge is 0.354 e. The van der Waals surface area contributed by atoms with E-state index in [0.29, 0.717) is 32.9 Å². The molecular weight excluding hydrogens is 593 g/mol. The molecule has 0 saturated heterocycles. The van der Waals surface area contributed by atoms with Crippen molar-refractivity contribution in [1.29, 1.82) is 0 Å². The summed E-state index contributed by atoms with van der Waals surface area (Å²) in [7, 11) is -4.17. The number of carbonyl (C=O) groups excluding carboxylic acids is 2.